The Bertz CT molecular complexity index is 282. The van der Waals surface area contributed by atoms with Crippen LogP contribution in [-0.4, -0.2) is 21.6 Å². The molecule has 1 aromatic heterocycles. The average Bonchev–Trinajstić information content (AvgIpc) is 2.48. The third kappa shape index (κ3) is 1.63. The van der Waals surface area contributed by atoms with Crippen molar-refractivity contribution >= 4 is 0 Å². The summed E-state index contributed by atoms with van der Waals surface area (Å²) in [6.45, 7) is 5.73. The van der Waals surface area contributed by atoms with Gasteiger partial charge in [0.15, 0.2) is 0 Å². The summed E-state index contributed by atoms with van der Waals surface area (Å²) in [4.78, 5) is 2.55. The molecular weight excluding hydrogens is 160 g/mol. The van der Waals surface area contributed by atoms with Gasteiger partial charge in [0.05, 0.1) is 0 Å². The summed E-state index contributed by atoms with van der Waals surface area (Å²) in [6, 6.07) is 3.75. The number of rotatable bonds is 2. The maximum atomic E-state index is 2.55. The first-order valence-corrected chi connectivity index (χ1v) is 5.03. The van der Waals surface area contributed by atoms with Gasteiger partial charge < -0.3 is 4.57 Å². The summed E-state index contributed by atoms with van der Waals surface area (Å²) in [5.41, 5.74) is 1.43. The highest BCUT2D eigenvalue weighted by Gasteiger charge is 2.31. The van der Waals surface area contributed by atoms with E-state index in [1.807, 2.05) is 0 Å². The van der Waals surface area contributed by atoms with Gasteiger partial charge in [-0.3, -0.25) is 4.90 Å². The molecule has 1 aliphatic rings. The van der Waals surface area contributed by atoms with Gasteiger partial charge in [0.25, 0.3) is 0 Å². The number of hydrogen-bond donors (Lipinski definition) is 0. The van der Waals surface area contributed by atoms with Gasteiger partial charge in [-0.1, -0.05) is 0 Å². The third-order valence-corrected chi connectivity index (χ3v) is 3.07. The van der Waals surface area contributed by atoms with E-state index in [0.29, 0.717) is 0 Å². The molecule has 2 unspecified atom stereocenters. The Hall–Kier alpha value is -0.760. The van der Waals surface area contributed by atoms with Crippen molar-refractivity contribution in [3.8, 4) is 0 Å². The van der Waals surface area contributed by atoms with Crippen LogP contribution in [-0.2, 0) is 13.6 Å². The maximum absolute atomic E-state index is 2.55. The average molecular weight is 178 g/mol. The quantitative estimate of drug-likeness (QED) is 0.672. The van der Waals surface area contributed by atoms with E-state index >= 15 is 0 Å². The zero-order valence-corrected chi connectivity index (χ0v) is 8.70. The minimum atomic E-state index is 0.773. The largest absolute Gasteiger partial charge is 0.357 e. The van der Waals surface area contributed by atoms with Gasteiger partial charge in [0, 0.05) is 38.1 Å². The van der Waals surface area contributed by atoms with Crippen LogP contribution in [0.2, 0.25) is 0 Å². The summed E-state index contributed by atoms with van der Waals surface area (Å²) in [5, 5.41) is 0. The standard InChI is InChI=1S/C11H18N2/c1-9-6-10(2)13(9)8-11-4-5-12(3)7-11/h4-5,7,9-10H,6,8H2,1-3H3. The molecule has 1 fully saturated rings. The van der Waals surface area contributed by atoms with Crippen LogP contribution in [0.5, 0.6) is 0 Å². The van der Waals surface area contributed by atoms with Crippen LogP contribution in [0, 0.1) is 0 Å². The fourth-order valence-corrected chi connectivity index (χ4v) is 2.24. The van der Waals surface area contributed by atoms with Gasteiger partial charge in [0.2, 0.25) is 0 Å². The zero-order valence-electron chi connectivity index (χ0n) is 8.70. The predicted molar refractivity (Wildman–Crippen MR) is 54.5 cm³/mol. The molecule has 0 N–H and O–H groups in total. The van der Waals surface area contributed by atoms with Crippen molar-refractivity contribution in [3.63, 3.8) is 0 Å². The van der Waals surface area contributed by atoms with Gasteiger partial charge >= 0.3 is 0 Å². The van der Waals surface area contributed by atoms with Crippen molar-refractivity contribution in [2.24, 2.45) is 7.05 Å². The smallest absolute Gasteiger partial charge is 0.0254 e. The fraction of sp³-hybridized carbons (Fsp3) is 0.636. The number of aromatic nitrogens is 1. The minimum absolute atomic E-state index is 0.773. The second kappa shape index (κ2) is 3.18. The number of nitrogens with zero attached hydrogens (tertiary/aromatic N) is 2. The molecule has 2 rings (SSSR count). The van der Waals surface area contributed by atoms with Crippen molar-refractivity contribution in [1.82, 2.24) is 9.47 Å². The molecule has 1 aliphatic heterocycles. The first-order chi connectivity index (χ1) is 6.16. The first-order valence-electron chi connectivity index (χ1n) is 5.03. The Labute approximate surface area is 80.2 Å². The molecule has 0 aromatic carbocycles. The molecule has 0 radical (unpaired) electrons. The lowest BCUT2D eigenvalue weighted by molar-refractivity contribution is 0.0296. The highest BCUT2D eigenvalue weighted by atomic mass is 15.2. The Morgan fingerprint density at radius 2 is 2.08 bits per heavy atom. The molecule has 2 heterocycles. The summed E-state index contributed by atoms with van der Waals surface area (Å²) >= 11 is 0. The van der Waals surface area contributed by atoms with E-state index < -0.39 is 0 Å². The van der Waals surface area contributed by atoms with E-state index in [4.69, 9.17) is 0 Å². The van der Waals surface area contributed by atoms with Gasteiger partial charge in [-0.2, -0.15) is 0 Å². The SMILES string of the molecule is CC1CC(C)N1Cc1ccn(C)c1. The van der Waals surface area contributed by atoms with Crippen LogP contribution in [0.3, 0.4) is 0 Å². The van der Waals surface area contributed by atoms with E-state index in [1.54, 1.807) is 0 Å². The molecule has 13 heavy (non-hydrogen) atoms. The lowest BCUT2D eigenvalue weighted by Gasteiger charge is -2.45. The van der Waals surface area contributed by atoms with Crippen LogP contribution >= 0.6 is 0 Å². The maximum Gasteiger partial charge on any atom is 0.0254 e. The summed E-state index contributed by atoms with van der Waals surface area (Å²) in [5.74, 6) is 0. The van der Waals surface area contributed by atoms with Crippen LogP contribution in [0.1, 0.15) is 25.8 Å². The normalized spacial score (nSPS) is 28.8. The number of hydrogen-bond acceptors (Lipinski definition) is 1. The molecule has 72 valence electrons. The Morgan fingerprint density at radius 1 is 1.38 bits per heavy atom. The lowest BCUT2D eigenvalue weighted by atomic mass is 9.95. The topological polar surface area (TPSA) is 8.17 Å². The second-order valence-electron chi connectivity index (χ2n) is 4.29. The molecule has 0 aliphatic carbocycles. The molecule has 0 bridgehead atoms. The Balaban J connectivity index is 1.98. The fourth-order valence-electron chi connectivity index (χ4n) is 2.24. The molecule has 1 saturated heterocycles. The lowest BCUT2D eigenvalue weighted by Crippen LogP contribution is -2.51. The van der Waals surface area contributed by atoms with E-state index in [-0.39, 0.29) is 0 Å². The molecule has 1 aromatic rings. The zero-order chi connectivity index (χ0) is 9.42. The molecule has 2 nitrogen and oxygen atoms in total. The Morgan fingerprint density at radius 3 is 2.54 bits per heavy atom. The van der Waals surface area contributed by atoms with E-state index in [9.17, 15) is 0 Å². The van der Waals surface area contributed by atoms with Crippen LogP contribution in [0.15, 0.2) is 18.5 Å². The van der Waals surface area contributed by atoms with Gasteiger partial charge in [-0.15, -0.1) is 0 Å². The molecule has 2 atom stereocenters. The third-order valence-electron chi connectivity index (χ3n) is 3.07. The highest BCUT2D eigenvalue weighted by molar-refractivity contribution is 5.11. The van der Waals surface area contributed by atoms with Gasteiger partial charge in [-0.05, 0) is 31.9 Å². The first kappa shape index (κ1) is 8.82. The molecule has 2 heteroatoms. The van der Waals surface area contributed by atoms with E-state index in [1.165, 1.54) is 12.0 Å². The molecule has 0 amide bonds. The van der Waals surface area contributed by atoms with Crippen molar-refractivity contribution in [1.29, 1.82) is 0 Å². The monoisotopic (exact) mass is 178 g/mol. The molecular formula is C11H18N2. The number of aryl methyl sites for hydroxylation is 1. The Kier molecular flexibility index (Phi) is 2.16. The van der Waals surface area contributed by atoms with E-state index in [2.05, 4.69) is 48.8 Å². The predicted octanol–water partition coefficient (Wildman–Crippen LogP) is 2.01. The molecule has 0 saturated carbocycles. The highest BCUT2D eigenvalue weighted by Crippen LogP contribution is 2.26. The van der Waals surface area contributed by atoms with Crippen molar-refractivity contribution in [2.75, 3.05) is 0 Å². The number of likely N-dealkylation sites (tertiary alicyclic amines) is 1. The van der Waals surface area contributed by atoms with E-state index in [0.717, 1.165) is 18.6 Å². The van der Waals surface area contributed by atoms with Gasteiger partial charge in [0.1, 0.15) is 0 Å². The minimum Gasteiger partial charge on any atom is -0.357 e. The summed E-state index contributed by atoms with van der Waals surface area (Å²) in [6.07, 6.45) is 5.68. The van der Waals surface area contributed by atoms with Crippen LogP contribution in [0.25, 0.3) is 0 Å². The van der Waals surface area contributed by atoms with Crippen molar-refractivity contribution in [2.45, 2.75) is 38.9 Å². The summed E-state index contributed by atoms with van der Waals surface area (Å²) < 4.78 is 2.12. The van der Waals surface area contributed by atoms with Crippen molar-refractivity contribution in [3.05, 3.63) is 24.0 Å². The summed E-state index contributed by atoms with van der Waals surface area (Å²) in [7, 11) is 2.08. The van der Waals surface area contributed by atoms with Gasteiger partial charge in [-0.25, -0.2) is 0 Å². The van der Waals surface area contributed by atoms with Crippen molar-refractivity contribution < 1.29 is 0 Å². The second-order valence-corrected chi connectivity index (χ2v) is 4.29. The molecule has 0 spiro atoms. The van der Waals surface area contributed by atoms with Crippen LogP contribution in [0.4, 0.5) is 0 Å². The van der Waals surface area contributed by atoms with Crippen LogP contribution < -0.4 is 0 Å².